The van der Waals surface area contributed by atoms with Crippen LogP contribution in [-0.4, -0.2) is 43.6 Å². The first-order valence-electron chi connectivity index (χ1n) is 9.88. The largest absolute Gasteiger partial charge is 0.416 e. The number of aromatic nitrogens is 4. The van der Waals surface area contributed by atoms with Crippen molar-refractivity contribution >= 4 is 5.91 Å². The summed E-state index contributed by atoms with van der Waals surface area (Å²) in [6, 6.07) is 8.69. The van der Waals surface area contributed by atoms with Gasteiger partial charge in [-0.25, -0.2) is 0 Å². The number of hydrogen-bond donors (Lipinski definition) is 1. The molecule has 1 amide bonds. The van der Waals surface area contributed by atoms with Crippen LogP contribution in [0, 0.1) is 0 Å². The van der Waals surface area contributed by atoms with E-state index in [2.05, 4.69) is 25.4 Å². The van der Waals surface area contributed by atoms with E-state index in [1.54, 1.807) is 30.6 Å². The van der Waals surface area contributed by atoms with Crippen molar-refractivity contribution in [3.8, 4) is 0 Å². The predicted molar refractivity (Wildman–Crippen MR) is 106 cm³/mol. The van der Waals surface area contributed by atoms with Gasteiger partial charge in [0, 0.05) is 50.6 Å². The number of amides is 1. The van der Waals surface area contributed by atoms with Gasteiger partial charge in [0.05, 0.1) is 12.1 Å². The van der Waals surface area contributed by atoms with Crippen molar-refractivity contribution in [1.82, 2.24) is 30.0 Å². The lowest BCUT2D eigenvalue weighted by molar-refractivity contribution is -0.137. The number of pyridine rings is 1. The van der Waals surface area contributed by atoms with Gasteiger partial charge in [0.2, 0.25) is 0 Å². The maximum atomic E-state index is 13.0. The molecule has 0 saturated heterocycles. The predicted octanol–water partition coefficient (Wildman–Crippen LogP) is 2.68. The first-order chi connectivity index (χ1) is 14.9. The van der Waals surface area contributed by atoms with Gasteiger partial charge in [-0.05, 0) is 23.8 Å². The molecule has 31 heavy (non-hydrogen) atoms. The molecule has 4 rings (SSSR count). The SMILES string of the molecule is O=C(NCc1nnc2n1CCN(Cc1cccc(C(F)(F)F)c1)CC2)c1ccncc1. The molecule has 3 aromatic rings. The number of fused-ring (bicyclic) bond motifs is 1. The van der Waals surface area contributed by atoms with Gasteiger partial charge in [-0.2, -0.15) is 13.2 Å². The van der Waals surface area contributed by atoms with E-state index in [0.29, 0.717) is 49.6 Å². The summed E-state index contributed by atoms with van der Waals surface area (Å²) in [6.07, 6.45) is -0.614. The monoisotopic (exact) mass is 430 g/mol. The van der Waals surface area contributed by atoms with Gasteiger partial charge in [0.1, 0.15) is 5.82 Å². The first kappa shape index (κ1) is 21.0. The van der Waals surface area contributed by atoms with Crippen molar-refractivity contribution in [2.75, 3.05) is 13.1 Å². The molecule has 2 aromatic heterocycles. The van der Waals surface area contributed by atoms with Gasteiger partial charge in [0.15, 0.2) is 5.82 Å². The van der Waals surface area contributed by atoms with E-state index in [1.165, 1.54) is 12.1 Å². The quantitative estimate of drug-likeness (QED) is 0.674. The Bertz CT molecular complexity index is 1050. The standard InChI is InChI=1S/C21H21F3N6O/c22-21(23,24)17-3-1-2-15(12-17)14-29-9-6-18-27-28-19(30(18)11-10-29)13-26-20(31)16-4-7-25-8-5-16/h1-5,7-8,12H,6,9-11,13-14H2,(H,26,31). The molecule has 0 aliphatic carbocycles. The third kappa shape index (κ3) is 5.08. The summed E-state index contributed by atoms with van der Waals surface area (Å²) in [4.78, 5) is 18.2. The minimum atomic E-state index is -4.35. The average Bonchev–Trinajstić information content (AvgIpc) is 3.04. The van der Waals surface area contributed by atoms with Crippen molar-refractivity contribution in [3.63, 3.8) is 0 Å². The molecule has 0 unspecified atom stereocenters. The highest BCUT2D eigenvalue weighted by molar-refractivity contribution is 5.93. The minimum Gasteiger partial charge on any atom is -0.345 e. The van der Waals surface area contributed by atoms with E-state index < -0.39 is 11.7 Å². The number of rotatable bonds is 5. The molecule has 0 radical (unpaired) electrons. The Morgan fingerprint density at radius 3 is 2.65 bits per heavy atom. The second-order valence-electron chi connectivity index (χ2n) is 7.33. The number of alkyl halides is 3. The molecule has 1 N–H and O–H groups in total. The molecule has 1 aliphatic heterocycles. The number of nitrogens with zero attached hydrogens (tertiary/aromatic N) is 5. The zero-order chi connectivity index (χ0) is 21.8. The molecule has 3 heterocycles. The normalized spacial score (nSPS) is 14.7. The topological polar surface area (TPSA) is 75.9 Å². The number of halogens is 3. The summed E-state index contributed by atoms with van der Waals surface area (Å²) in [5, 5.41) is 11.3. The molecule has 0 fully saturated rings. The third-order valence-electron chi connectivity index (χ3n) is 5.21. The van der Waals surface area contributed by atoms with Crippen LogP contribution in [0.2, 0.25) is 0 Å². The summed E-state index contributed by atoms with van der Waals surface area (Å²) in [7, 11) is 0. The lowest BCUT2D eigenvalue weighted by atomic mass is 10.1. The summed E-state index contributed by atoms with van der Waals surface area (Å²) < 4.78 is 40.9. The second kappa shape index (κ2) is 8.84. The summed E-state index contributed by atoms with van der Waals surface area (Å²) in [5.74, 6) is 1.23. The van der Waals surface area contributed by atoms with E-state index in [-0.39, 0.29) is 12.5 Å². The fourth-order valence-corrected chi connectivity index (χ4v) is 3.58. The van der Waals surface area contributed by atoms with Gasteiger partial charge in [-0.3, -0.25) is 14.7 Å². The molecule has 162 valence electrons. The van der Waals surface area contributed by atoms with Crippen LogP contribution in [-0.2, 0) is 32.2 Å². The molecular weight excluding hydrogens is 409 g/mol. The number of benzene rings is 1. The van der Waals surface area contributed by atoms with Crippen LogP contribution in [0.5, 0.6) is 0 Å². The van der Waals surface area contributed by atoms with Crippen LogP contribution in [0.1, 0.15) is 33.1 Å². The maximum Gasteiger partial charge on any atom is 0.416 e. The van der Waals surface area contributed by atoms with E-state index in [1.807, 2.05) is 4.57 Å². The maximum absolute atomic E-state index is 13.0. The van der Waals surface area contributed by atoms with Crippen LogP contribution in [0.15, 0.2) is 48.8 Å². The first-order valence-corrected chi connectivity index (χ1v) is 9.88. The molecular formula is C21H21F3N6O. The van der Waals surface area contributed by atoms with Crippen molar-refractivity contribution in [3.05, 3.63) is 77.1 Å². The van der Waals surface area contributed by atoms with Crippen LogP contribution in [0.25, 0.3) is 0 Å². The van der Waals surface area contributed by atoms with Crippen LogP contribution >= 0.6 is 0 Å². The van der Waals surface area contributed by atoms with Crippen molar-refractivity contribution < 1.29 is 18.0 Å². The van der Waals surface area contributed by atoms with E-state index in [4.69, 9.17) is 0 Å². The minimum absolute atomic E-state index is 0.223. The lowest BCUT2D eigenvalue weighted by Gasteiger charge is -2.20. The van der Waals surface area contributed by atoms with Gasteiger partial charge in [0.25, 0.3) is 5.91 Å². The molecule has 0 bridgehead atoms. The number of hydrogen-bond acceptors (Lipinski definition) is 5. The fourth-order valence-electron chi connectivity index (χ4n) is 3.58. The Hall–Kier alpha value is -3.27. The summed E-state index contributed by atoms with van der Waals surface area (Å²) in [6.45, 7) is 2.57. The number of nitrogens with one attached hydrogen (secondary N) is 1. The van der Waals surface area contributed by atoms with Crippen molar-refractivity contribution in [1.29, 1.82) is 0 Å². The average molecular weight is 430 g/mol. The van der Waals surface area contributed by atoms with Crippen molar-refractivity contribution in [2.24, 2.45) is 0 Å². The highest BCUT2D eigenvalue weighted by atomic mass is 19.4. The fraction of sp³-hybridized carbons (Fsp3) is 0.333. The number of carbonyl (C=O) groups is 1. The second-order valence-corrected chi connectivity index (χ2v) is 7.33. The van der Waals surface area contributed by atoms with Crippen LogP contribution in [0.4, 0.5) is 13.2 Å². The summed E-state index contributed by atoms with van der Waals surface area (Å²) >= 11 is 0. The van der Waals surface area contributed by atoms with Crippen LogP contribution in [0.3, 0.4) is 0 Å². The molecule has 7 nitrogen and oxygen atoms in total. The third-order valence-corrected chi connectivity index (χ3v) is 5.21. The van der Waals surface area contributed by atoms with Gasteiger partial charge in [-0.1, -0.05) is 18.2 Å². The zero-order valence-corrected chi connectivity index (χ0v) is 16.6. The Balaban J connectivity index is 1.37. The Morgan fingerprint density at radius 1 is 1.06 bits per heavy atom. The Morgan fingerprint density at radius 2 is 1.87 bits per heavy atom. The summed E-state index contributed by atoms with van der Waals surface area (Å²) in [5.41, 5.74) is 0.499. The zero-order valence-electron chi connectivity index (χ0n) is 16.6. The van der Waals surface area contributed by atoms with E-state index in [0.717, 1.165) is 11.9 Å². The van der Waals surface area contributed by atoms with E-state index in [9.17, 15) is 18.0 Å². The highest BCUT2D eigenvalue weighted by Gasteiger charge is 2.30. The number of carbonyl (C=O) groups excluding carboxylic acids is 1. The Kier molecular flexibility index (Phi) is 5.99. The molecule has 1 aliphatic rings. The van der Waals surface area contributed by atoms with Crippen molar-refractivity contribution in [2.45, 2.75) is 32.2 Å². The highest BCUT2D eigenvalue weighted by Crippen LogP contribution is 2.29. The molecule has 0 atom stereocenters. The molecule has 1 aromatic carbocycles. The van der Waals surface area contributed by atoms with Crippen LogP contribution < -0.4 is 5.32 Å². The molecule has 0 spiro atoms. The van der Waals surface area contributed by atoms with E-state index >= 15 is 0 Å². The van der Waals surface area contributed by atoms with Gasteiger partial charge >= 0.3 is 6.18 Å². The van der Waals surface area contributed by atoms with Gasteiger partial charge < -0.3 is 9.88 Å². The molecule has 0 saturated carbocycles. The smallest absolute Gasteiger partial charge is 0.345 e. The van der Waals surface area contributed by atoms with Gasteiger partial charge in [-0.15, -0.1) is 10.2 Å². The molecule has 10 heteroatoms. The Labute approximate surface area is 176 Å². The lowest BCUT2D eigenvalue weighted by Crippen LogP contribution is -2.28.